The Morgan fingerprint density at radius 2 is 2.05 bits per heavy atom. The molecule has 1 fully saturated rings. The van der Waals surface area contributed by atoms with E-state index in [9.17, 15) is 4.79 Å². The van der Waals surface area contributed by atoms with Gasteiger partial charge in [0.15, 0.2) is 0 Å². The maximum absolute atomic E-state index is 12.1. The number of aromatic nitrogens is 1. The van der Waals surface area contributed by atoms with Crippen LogP contribution >= 0.6 is 12.4 Å². The van der Waals surface area contributed by atoms with Gasteiger partial charge in [-0.1, -0.05) is 20.8 Å². The minimum absolute atomic E-state index is 0. The van der Waals surface area contributed by atoms with Crippen LogP contribution in [0, 0.1) is 5.41 Å². The molecule has 0 unspecified atom stereocenters. The van der Waals surface area contributed by atoms with Crippen LogP contribution in [0.25, 0.3) is 0 Å². The first-order chi connectivity index (χ1) is 9.53. The zero-order chi connectivity index (χ0) is 14.6. The van der Waals surface area contributed by atoms with E-state index in [-0.39, 0.29) is 23.7 Å². The summed E-state index contributed by atoms with van der Waals surface area (Å²) in [7, 11) is 0. The third-order valence-corrected chi connectivity index (χ3v) is 3.97. The van der Waals surface area contributed by atoms with Crippen molar-refractivity contribution in [2.75, 3.05) is 36.4 Å². The summed E-state index contributed by atoms with van der Waals surface area (Å²) in [6.45, 7) is 9.90. The highest BCUT2D eigenvalue weighted by molar-refractivity contribution is 5.94. The van der Waals surface area contributed by atoms with Gasteiger partial charge in [0, 0.05) is 31.6 Å². The van der Waals surface area contributed by atoms with Crippen molar-refractivity contribution in [1.29, 1.82) is 0 Å². The van der Waals surface area contributed by atoms with E-state index in [1.165, 1.54) is 0 Å². The Kier molecular flexibility index (Phi) is 6.42. The number of rotatable bonds is 4. The lowest BCUT2D eigenvalue weighted by atomic mass is 9.89. The predicted molar refractivity (Wildman–Crippen MR) is 89.3 cm³/mol. The van der Waals surface area contributed by atoms with Gasteiger partial charge in [0.05, 0.1) is 11.9 Å². The van der Waals surface area contributed by atoms with Crippen molar-refractivity contribution < 1.29 is 4.79 Å². The molecule has 21 heavy (non-hydrogen) atoms. The maximum Gasteiger partial charge on any atom is 0.231 e. The second-order valence-electron chi connectivity index (χ2n) is 5.83. The van der Waals surface area contributed by atoms with Gasteiger partial charge in [-0.05, 0) is 18.6 Å². The van der Waals surface area contributed by atoms with E-state index in [4.69, 9.17) is 0 Å². The quantitative estimate of drug-likeness (QED) is 0.895. The minimum atomic E-state index is -0.362. The molecule has 1 aromatic heterocycles. The number of carbonyl (C=O) groups is 1. The van der Waals surface area contributed by atoms with E-state index in [2.05, 4.69) is 20.5 Å². The monoisotopic (exact) mass is 312 g/mol. The van der Waals surface area contributed by atoms with Crippen molar-refractivity contribution in [3.8, 4) is 0 Å². The number of halogens is 1. The van der Waals surface area contributed by atoms with E-state index in [0.29, 0.717) is 5.82 Å². The number of piperazine rings is 1. The van der Waals surface area contributed by atoms with Crippen LogP contribution < -0.4 is 15.5 Å². The van der Waals surface area contributed by atoms with Crippen LogP contribution in [0.3, 0.4) is 0 Å². The molecule has 0 bridgehead atoms. The van der Waals surface area contributed by atoms with Crippen molar-refractivity contribution in [3.05, 3.63) is 18.3 Å². The summed E-state index contributed by atoms with van der Waals surface area (Å²) < 4.78 is 0. The molecule has 1 amide bonds. The fraction of sp³-hybridized carbons (Fsp3) is 0.600. The molecule has 1 aromatic rings. The topological polar surface area (TPSA) is 57.3 Å². The van der Waals surface area contributed by atoms with Crippen LogP contribution in [0.5, 0.6) is 0 Å². The molecule has 2 heterocycles. The molecule has 1 aliphatic rings. The Bertz CT molecular complexity index is 455. The van der Waals surface area contributed by atoms with Crippen molar-refractivity contribution in [3.63, 3.8) is 0 Å². The molecule has 2 N–H and O–H groups in total. The Labute approximate surface area is 132 Å². The van der Waals surface area contributed by atoms with Crippen LogP contribution in [0.1, 0.15) is 27.2 Å². The van der Waals surface area contributed by atoms with Gasteiger partial charge in [-0.25, -0.2) is 4.98 Å². The molecule has 0 saturated carbocycles. The fourth-order valence-electron chi connectivity index (χ4n) is 2.02. The van der Waals surface area contributed by atoms with Crippen molar-refractivity contribution in [2.24, 2.45) is 5.41 Å². The Morgan fingerprint density at radius 3 is 2.57 bits per heavy atom. The molecular formula is C15H25ClN4O. The van der Waals surface area contributed by atoms with Crippen molar-refractivity contribution >= 4 is 29.8 Å². The molecule has 6 heteroatoms. The smallest absolute Gasteiger partial charge is 0.231 e. The van der Waals surface area contributed by atoms with Crippen LogP contribution in [0.15, 0.2) is 18.3 Å². The van der Waals surface area contributed by atoms with Crippen LogP contribution in [-0.4, -0.2) is 37.1 Å². The molecule has 0 radical (unpaired) electrons. The number of hydrogen-bond donors (Lipinski definition) is 2. The van der Waals surface area contributed by atoms with Gasteiger partial charge in [-0.15, -0.1) is 12.4 Å². The molecule has 0 spiro atoms. The standard InChI is InChI=1S/C15H24N4O.ClH/c1-4-15(2,3)14(20)18-13-6-5-12(11-17-13)19-9-7-16-8-10-19;/h5-6,11,16H,4,7-10H2,1-3H3,(H,17,18,20);1H. The van der Waals surface area contributed by atoms with E-state index in [1.807, 2.05) is 39.1 Å². The molecule has 2 rings (SSSR count). The van der Waals surface area contributed by atoms with Crippen LogP contribution in [0.4, 0.5) is 11.5 Å². The van der Waals surface area contributed by atoms with Crippen LogP contribution in [-0.2, 0) is 4.79 Å². The number of hydrogen-bond acceptors (Lipinski definition) is 4. The van der Waals surface area contributed by atoms with Gasteiger partial charge in [0.25, 0.3) is 0 Å². The third-order valence-electron chi connectivity index (χ3n) is 3.97. The molecular weight excluding hydrogens is 288 g/mol. The number of anilines is 2. The normalized spacial score (nSPS) is 15.3. The van der Waals surface area contributed by atoms with Crippen molar-refractivity contribution in [2.45, 2.75) is 27.2 Å². The third kappa shape index (κ3) is 4.58. The highest BCUT2D eigenvalue weighted by Gasteiger charge is 2.25. The summed E-state index contributed by atoms with van der Waals surface area (Å²) in [6, 6.07) is 3.90. The van der Waals surface area contributed by atoms with Crippen LogP contribution in [0.2, 0.25) is 0 Å². The first kappa shape index (κ1) is 17.7. The molecule has 118 valence electrons. The first-order valence-electron chi connectivity index (χ1n) is 7.26. The van der Waals surface area contributed by atoms with Gasteiger partial charge in [0.2, 0.25) is 5.91 Å². The predicted octanol–water partition coefficient (Wildman–Crippen LogP) is 2.29. The lowest BCUT2D eigenvalue weighted by molar-refractivity contribution is -0.124. The lowest BCUT2D eigenvalue weighted by Crippen LogP contribution is -2.43. The lowest BCUT2D eigenvalue weighted by Gasteiger charge is -2.29. The van der Waals surface area contributed by atoms with E-state index < -0.39 is 0 Å². The van der Waals surface area contributed by atoms with Gasteiger partial charge >= 0.3 is 0 Å². The molecule has 1 saturated heterocycles. The molecule has 0 aliphatic carbocycles. The summed E-state index contributed by atoms with van der Waals surface area (Å²) >= 11 is 0. The Hall–Kier alpha value is -1.33. The second-order valence-corrected chi connectivity index (χ2v) is 5.83. The largest absolute Gasteiger partial charge is 0.368 e. The molecule has 1 aliphatic heterocycles. The Balaban J connectivity index is 0.00000220. The SMILES string of the molecule is CCC(C)(C)C(=O)Nc1ccc(N2CCNCC2)cn1.Cl. The zero-order valence-corrected chi connectivity index (χ0v) is 13.8. The summed E-state index contributed by atoms with van der Waals surface area (Å²) in [6.07, 6.45) is 2.64. The maximum atomic E-state index is 12.1. The van der Waals surface area contributed by atoms with Gasteiger partial charge in [-0.2, -0.15) is 0 Å². The summed E-state index contributed by atoms with van der Waals surface area (Å²) in [5.74, 6) is 0.637. The minimum Gasteiger partial charge on any atom is -0.368 e. The highest BCUT2D eigenvalue weighted by atomic mass is 35.5. The summed E-state index contributed by atoms with van der Waals surface area (Å²) in [5, 5.41) is 6.21. The summed E-state index contributed by atoms with van der Waals surface area (Å²) in [5.41, 5.74) is 0.748. The van der Waals surface area contributed by atoms with Gasteiger partial charge in [-0.3, -0.25) is 4.79 Å². The number of carbonyl (C=O) groups excluding carboxylic acids is 1. The molecule has 0 aromatic carbocycles. The number of pyridine rings is 1. The highest BCUT2D eigenvalue weighted by Crippen LogP contribution is 2.22. The average Bonchev–Trinajstić information content (AvgIpc) is 2.49. The van der Waals surface area contributed by atoms with E-state index in [0.717, 1.165) is 38.3 Å². The number of nitrogens with one attached hydrogen (secondary N) is 2. The van der Waals surface area contributed by atoms with E-state index in [1.54, 1.807) is 0 Å². The van der Waals surface area contributed by atoms with Gasteiger partial charge < -0.3 is 15.5 Å². The number of amides is 1. The van der Waals surface area contributed by atoms with E-state index >= 15 is 0 Å². The van der Waals surface area contributed by atoms with Crippen molar-refractivity contribution in [1.82, 2.24) is 10.3 Å². The summed E-state index contributed by atoms with van der Waals surface area (Å²) in [4.78, 5) is 18.7. The van der Waals surface area contributed by atoms with Gasteiger partial charge in [0.1, 0.15) is 5.82 Å². The Morgan fingerprint density at radius 1 is 1.38 bits per heavy atom. The number of nitrogens with zero attached hydrogens (tertiary/aromatic N) is 2. The average molecular weight is 313 g/mol. The fourth-order valence-corrected chi connectivity index (χ4v) is 2.02. The zero-order valence-electron chi connectivity index (χ0n) is 13.0. The molecule has 5 nitrogen and oxygen atoms in total. The first-order valence-corrected chi connectivity index (χ1v) is 7.26. The second kappa shape index (κ2) is 7.61. The molecule has 0 atom stereocenters.